The van der Waals surface area contributed by atoms with Crippen molar-refractivity contribution in [2.24, 2.45) is 11.7 Å². The van der Waals surface area contributed by atoms with E-state index in [1.807, 2.05) is 0 Å². The fourth-order valence-electron chi connectivity index (χ4n) is 2.38. The van der Waals surface area contributed by atoms with Gasteiger partial charge in [-0.3, -0.25) is 0 Å². The summed E-state index contributed by atoms with van der Waals surface area (Å²) in [7, 11) is 0. The van der Waals surface area contributed by atoms with Gasteiger partial charge in [-0.1, -0.05) is 67.6 Å². The number of rotatable bonds is 7. The summed E-state index contributed by atoms with van der Waals surface area (Å²) < 4.78 is 1.16. The molecule has 0 fully saturated rings. The van der Waals surface area contributed by atoms with Crippen molar-refractivity contribution in [3.05, 3.63) is 33.8 Å². The summed E-state index contributed by atoms with van der Waals surface area (Å²) in [6.07, 6.45) is 6.27. The summed E-state index contributed by atoms with van der Waals surface area (Å²) in [4.78, 5) is 0. The lowest BCUT2D eigenvalue weighted by molar-refractivity contribution is 0.388. The van der Waals surface area contributed by atoms with Gasteiger partial charge in [-0.15, -0.1) is 0 Å². The van der Waals surface area contributed by atoms with E-state index in [1.165, 1.54) is 36.8 Å². The number of halogens is 1. The first kappa shape index (κ1) is 15.7. The van der Waals surface area contributed by atoms with Crippen LogP contribution < -0.4 is 5.73 Å². The molecule has 102 valence electrons. The second kappa shape index (κ2) is 7.96. The van der Waals surface area contributed by atoms with Gasteiger partial charge in [0.25, 0.3) is 0 Å². The topological polar surface area (TPSA) is 26.0 Å². The summed E-state index contributed by atoms with van der Waals surface area (Å²) in [5.41, 5.74) is 8.88. The molecule has 0 bridgehead atoms. The quantitative estimate of drug-likeness (QED) is 0.720. The van der Waals surface area contributed by atoms with Crippen molar-refractivity contribution in [3.8, 4) is 0 Å². The second-order valence-corrected chi connectivity index (χ2v) is 6.12. The minimum absolute atomic E-state index is 0.179. The Morgan fingerprint density at radius 3 is 2.56 bits per heavy atom. The molecular weight excluding hydrogens is 286 g/mol. The zero-order valence-corrected chi connectivity index (χ0v) is 13.5. The SMILES string of the molecule is CCCCC(CC)CC(N)c1ccc(Br)c(C)c1. The van der Waals surface area contributed by atoms with Crippen molar-refractivity contribution in [2.75, 3.05) is 0 Å². The molecule has 18 heavy (non-hydrogen) atoms. The van der Waals surface area contributed by atoms with E-state index >= 15 is 0 Å². The minimum Gasteiger partial charge on any atom is -0.324 e. The largest absolute Gasteiger partial charge is 0.324 e. The van der Waals surface area contributed by atoms with Crippen LogP contribution in [0.25, 0.3) is 0 Å². The monoisotopic (exact) mass is 311 g/mol. The van der Waals surface area contributed by atoms with Crippen LogP contribution in [0.2, 0.25) is 0 Å². The molecule has 0 aromatic heterocycles. The van der Waals surface area contributed by atoms with Crippen molar-refractivity contribution in [1.82, 2.24) is 0 Å². The van der Waals surface area contributed by atoms with E-state index in [1.54, 1.807) is 0 Å². The Kier molecular flexibility index (Phi) is 6.95. The highest BCUT2D eigenvalue weighted by Crippen LogP contribution is 2.27. The van der Waals surface area contributed by atoms with Gasteiger partial charge in [-0.25, -0.2) is 0 Å². The predicted molar refractivity (Wildman–Crippen MR) is 83.7 cm³/mol. The molecule has 0 spiro atoms. The van der Waals surface area contributed by atoms with Crippen LogP contribution in [0, 0.1) is 12.8 Å². The molecule has 2 unspecified atom stereocenters. The fourth-order valence-corrected chi connectivity index (χ4v) is 2.62. The van der Waals surface area contributed by atoms with Crippen LogP contribution in [0.3, 0.4) is 0 Å². The van der Waals surface area contributed by atoms with Gasteiger partial charge < -0.3 is 5.73 Å². The average molecular weight is 312 g/mol. The first-order chi connectivity index (χ1) is 8.58. The van der Waals surface area contributed by atoms with Crippen molar-refractivity contribution < 1.29 is 0 Å². The molecule has 0 radical (unpaired) electrons. The van der Waals surface area contributed by atoms with Crippen molar-refractivity contribution in [2.45, 2.75) is 58.9 Å². The fraction of sp³-hybridized carbons (Fsp3) is 0.625. The van der Waals surface area contributed by atoms with Gasteiger partial charge in [0.2, 0.25) is 0 Å². The number of hydrogen-bond acceptors (Lipinski definition) is 1. The van der Waals surface area contributed by atoms with Crippen LogP contribution in [0.5, 0.6) is 0 Å². The lowest BCUT2D eigenvalue weighted by atomic mass is 9.89. The summed E-state index contributed by atoms with van der Waals surface area (Å²) in [6.45, 7) is 6.65. The van der Waals surface area contributed by atoms with Crippen LogP contribution in [0.15, 0.2) is 22.7 Å². The maximum absolute atomic E-state index is 6.35. The molecule has 0 saturated heterocycles. The highest BCUT2D eigenvalue weighted by Gasteiger charge is 2.13. The Labute approximate surface area is 120 Å². The van der Waals surface area contributed by atoms with E-state index in [-0.39, 0.29) is 6.04 Å². The maximum atomic E-state index is 6.35. The van der Waals surface area contributed by atoms with Gasteiger partial charge in [0.15, 0.2) is 0 Å². The molecule has 1 rings (SSSR count). The van der Waals surface area contributed by atoms with Crippen molar-refractivity contribution in [1.29, 1.82) is 0 Å². The van der Waals surface area contributed by atoms with Gasteiger partial charge in [-0.05, 0) is 36.5 Å². The first-order valence-electron chi connectivity index (χ1n) is 7.10. The number of unbranched alkanes of at least 4 members (excludes halogenated alkanes) is 1. The van der Waals surface area contributed by atoms with Crippen molar-refractivity contribution in [3.63, 3.8) is 0 Å². The molecule has 0 amide bonds. The number of aryl methyl sites for hydroxylation is 1. The molecule has 2 N–H and O–H groups in total. The number of nitrogens with two attached hydrogens (primary N) is 1. The zero-order chi connectivity index (χ0) is 13.5. The molecule has 0 heterocycles. The number of benzene rings is 1. The Morgan fingerprint density at radius 2 is 2.00 bits per heavy atom. The standard InChI is InChI=1S/C16H26BrN/c1-4-6-7-13(5-2)11-16(18)14-8-9-15(17)12(3)10-14/h8-10,13,16H,4-7,11,18H2,1-3H3. The molecule has 1 nitrogen and oxygen atoms in total. The van der Waals surface area contributed by atoms with E-state index < -0.39 is 0 Å². The zero-order valence-electron chi connectivity index (χ0n) is 11.9. The van der Waals surface area contributed by atoms with Crippen LogP contribution in [0.1, 0.15) is 63.1 Å². The molecular formula is C16H26BrN. The van der Waals surface area contributed by atoms with E-state index in [4.69, 9.17) is 5.73 Å². The second-order valence-electron chi connectivity index (χ2n) is 5.27. The van der Waals surface area contributed by atoms with E-state index in [0.717, 1.165) is 16.8 Å². The molecule has 0 saturated carbocycles. The Bertz CT molecular complexity index is 362. The predicted octanol–water partition coefficient (Wildman–Crippen LogP) is 5.36. The summed E-state index contributed by atoms with van der Waals surface area (Å²) in [6, 6.07) is 6.64. The summed E-state index contributed by atoms with van der Waals surface area (Å²) in [5, 5.41) is 0. The minimum atomic E-state index is 0.179. The number of hydrogen-bond donors (Lipinski definition) is 1. The normalized spacial score (nSPS) is 14.5. The Balaban J connectivity index is 2.62. The van der Waals surface area contributed by atoms with E-state index in [9.17, 15) is 0 Å². The van der Waals surface area contributed by atoms with Crippen molar-refractivity contribution >= 4 is 15.9 Å². The highest BCUT2D eigenvalue weighted by molar-refractivity contribution is 9.10. The molecule has 2 atom stereocenters. The Morgan fingerprint density at radius 1 is 1.28 bits per heavy atom. The van der Waals surface area contributed by atoms with Gasteiger partial charge in [-0.2, -0.15) is 0 Å². The highest BCUT2D eigenvalue weighted by atomic mass is 79.9. The molecule has 0 aliphatic carbocycles. The Hall–Kier alpha value is -0.340. The van der Waals surface area contributed by atoms with Gasteiger partial charge in [0.05, 0.1) is 0 Å². The first-order valence-corrected chi connectivity index (χ1v) is 7.89. The molecule has 1 aromatic carbocycles. The van der Waals surface area contributed by atoms with E-state index in [0.29, 0.717) is 0 Å². The van der Waals surface area contributed by atoms with E-state index in [2.05, 4.69) is 54.9 Å². The van der Waals surface area contributed by atoms with Crippen LogP contribution >= 0.6 is 15.9 Å². The van der Waals surface area contributed by atoms with Gasteiger partial charge >= 0.3 is 0 Å². The lowest BCUT2D eigenvalue weighted by Crippen LogP contribution is -2.15. The van der Waals surface area contributed by atoms with Crippen LogP contribution in [-0.4, -0.2) is 0 Å². The van der Waals surface area contributed by atoms with Crippen LogP contribution in [0.4, 0.5) is 0 Å². The third-order valence-electron chi connectivity index (χ3n) is 3.74. The molecule has 2 heteroatoms. The maximum Gasteiger partial charge on any atom is 0.0297 e. The van der Waals surface area contributed by atoms with Gasteiger partial charge in [0.1, 0.15) is 0 Å². The molecule has 1 aromatic rings. The lowest BCUT2D eigenvalue weighted by Gasteiger charge is -2.20. The smallest absolute Gasteiger partial charge is 0.0297 e. The molecule has 0 aliphatic heterocycles. The van der Waals surface area contributed by atoms with Crippen LogP contribution in [-0.2, 0) is 0 Å². The van der Waals surface area contributed by atoms with Gasteiger partial charge in [0, 0.05) is 10.5 Å². The molecule has 0 aliphatic rings. The third-order valence-corrected chi connectivity index (χ3v) is 4.63. The third kappa shape index (κ3) is 4.74. The average Bonchev–Trinajstić information content (AvgIpc) is 2.37. The summed E-state index contributed by atoms with van der Waals surface area (Å²) in [5.74, 6) is 0.768. The summed E-state index contributed by atoms with van der Waals surface area (Å²) >= 11 is 3.54.